The number of aliphatic imine (C=N–C) groups is 1. The molecule has 2 aromatic rings. The molecular weight excluding hydrogens is 448 g/mol. The normalized spacial score (nSPS) is 19.5. The van der Waals surface area contributed by atoms with Crippen molar-refractivity contribution in [1.82, 2.24) is 10.4 Å². The van der Waals surface area contributed by atoms with Crippen molar-refractivity contribution in [1.29, 1.82) is 0 Å². The van der Waals surface area contributed by atoms with Crippen LogP contribution in [0, 0.1) is 0 Å². The van der Waals surface area contributed by atoms with E-state index < -0.39 is 17.7 Å². The first-order valence-electron chi connectivity index (χ1n) is 9.78. The molecule has 9 heteroatoms. The molecule has 0 unspecified atom stereocenters. The average Bonchev–Trinajstić information content (AvgIpc) is 2.80. The van der Waals surface area contributed by atoms with Crippen LogP contribution in [0.1, 0.15) is 11.1 Å². The van der Waals surface area contributed by atoms with Crippen molar-refractivity contribution >= 4 is 51.5 Å². The maximum absolute atomic E-state index is 12.0. The monoisotopic (exact) mass is 464 g/mol. The Morgan fingerprint density at radius 1 is 1.06 bits per heavy atom. The molecule has 2 aromatic carbocycles. The number of hydrazine groups is 1. The maximum Gasteiger partial charge on any atom is 0.240 e. The zero-order valence-corrected chi connectivity index (χ0v) is 18.2. The smallest absolute Gasteiger partial charge is 0.240 e. The minimum absolute atomic E-state index is 0.135. The zero-order chi connectivity index (χ0) is 22.2. The van der Waals surface area contributed by atoms with Crippen molar-refractivity contribution in [2.24, 2.45) is 4.99 Å². The number of thioether (sulfide) groups is 1. The predicted molar refractivity (Wildman–Crippen MR) is 126 cm³/mol. The van der Waals surface area contributed by atoms with Gasteiger partial charge in [0, 0.05) is 27.6 Å². The molecule has 32 heavy (non-hydrogen) atoms. The Morgan fingerprint density at radius 2 is 1.84 bits per heavy atom. The fourth-order valence-electron chi connectivity index (χ4n) is 3.64. The molecule has 3 N–H and O–H groups in total. The van der Waals surface area contributed by atoms with Gasteiger partial charge in [0.15, 0.2) is 5.17 Å². The number of benzene rings is 2. The minimum atomic E-state index is -0.582. The molecule has 0 amide bonds. The lowest BCUT2D eigenvalue weighted by Crippen LogP contribution is -2.54. The van der Waals surface area contributed by atoms with Crippen molar-refractivity contribution in [3.63, 3.8) is 0 Å². The first-order valence-corrected chi connectivity index (χ1v) is 11.1. The van der Waals surface area contributed by atoms with Gasteiger partial charge in [-0.1, -0.05) is 59.8 Å². The lowest BCUT2D eigenvalue weighted by atomic mass is 9.98. The van der Waals surface area contributed by atoms with Gasteiger partial charge in [0.25, 0.3) is 0 Å². The van der Waals surface area contributed by atoms with E-state index in [1.165, 1.54) is 23.9 Å². The first-order chi connectivity index (χ1) is 15.5. The van der Waals surface area contributed by atoms with Crippen LogP contribution < -0.4 is 10.7 Å². The predicted octanol–water partition coefficient (Wildman–Crippen LogP) is 4.02. The van der Waals surface area contributed by atoms with Gasteiger partial charge in [0.05, 0.1) is 0 Å². The number of carbonyl (C=O) groups is 2. The van der Waals surface area contributed by atoms with Crippen molar-refractivity contribution in [2.75, 3.05) is 5.32 Å². The molecule has 0 bridgehead atoms. The second-order valence-corrected chi connectivity index (χ2v) is 8.69. The van der Waals surface area contributed by atoms with Crippen LogP contribution >= 0.6 is 23.4 Å². The van der Waals surface area contributed by atoms with Crippen LogP contribution in [-0.4, -0.2) is 33.0 Å². The van der Waals surface area contributed by atoms with Gasteiger partial charge in [0.1, 0.15) is 11.9 Å². The number of aliphatic hydroxyl groups excluding tert-OH is 1. The number of carbonyl (C=O) groups excluding carboxylic acids is 2. The zero-order valence-electron chi connectivity index (χ0n) is 16.6. The quantitative estimate of drug-likeness (QED) is 0.466. The van der Waals surface area contributed by atoms with Crippen LogP contribution in [0.25, 0.3) is 5.70 Å². The van der Waals surface area contributed by atoms with E-state index in [0.29, 0.717) is 27.2 Å². The molecule has 160 valence electrons. The molecule has 2 aliphatic heterocycles. The van der Waals surface area contributed by atoms with Gasteiger partial charge in [-0.25, -0.2) is 0 Å². The van der Waals surface area contributed by atoms with E-state index >= 15 is 0 Å². The standard InChI is InChI=1S/C23H17ClN4O3S/c24-15-8-5-13(6-9-15)12-32-23-26-22(31)20-16-3-1-2-4-17(16)25-21(28(20)27-23)14-7-10-18(29)19(30)11-14/h1-11,21,25,31H,12H2,(H,26,27)/t21-/m0/s1. The Hall–Kier alpha value is -3.49. The topological polar surface area (TPSA) is 94.0 Å². The van der Waals surface area contributed by atoms with Crippen LogP contribution in [0.3, 0.4) is 0 Å². The number of hydrogen-bond donors (Lipinski definition) is 3. The summed E-state index contributed by atoms with van der Waals surface area (Å²) in [6, 6.07) is 15.0. The highest BCUT2D eigenvalue weighted by atomic mass is 35.5. The summed E-state index contributed by atoms with van der Waals surface area (Å²) in [6.45, 7) is 0. The Kier molecular flexibility index (Phi) is 5.24. The largest absolute Gasteiger partial charge is 0.492 e. The molecule has 0 aromatic heterocycles. The summed E-state index contributed by atoms with van der Waals surface area (Å²) in [5, 5.41) is 17.1. The SMILES string of the molecule is O=C1C=CC([C@H]2Nc3ccccc3C3=C(O)N=C(SCc4ccc(Cl)cc4)NN32)=CC1=O. The Morgan fingerprint density at radius 3 is 2.62 bits per heavy atom. The molecule has 0 radical (unpaired) electrons. The summed E-state index contributed by atoms with van der Waals surface area (Å²) < 4.78 is 0. The van der Waals surface area contributed by atoms with E-state index in [1.807, 2.05) is 48.5 Å². The molecule has 0 saturated heterocycles. The second-order valence-electron chi connectivity index (χ2n) is 7.28. The van der Waals surface area contributed by atoms with Crippen molar-refractivity contribution in [3.8, 4) is 0 Å². The van der Waals surface area contributed by atoms with Gasteiger partial charge in [-0.3, -0.25) is 20.0 Å². The van der Waals surface area contributed by atoms with Crippen LogP contribution in [0.2, 0.25) is 5.02 Å². The number of rotatable bonds is 3. The number of allylic oxidation sites excluding steroid dienone is 2. The number of nitrogens with zero attached hydrogens (tertiary/aromatic N) is 2. The van der Waals surface area contributed by atoms with E-state index in [9.17, 15) is 14.7 Å². The summed E-state index contributed by atoms with van der Waals surface area (Å²) in [4.78, 5) is 28.0. The Balaban J connectivity index is 1.49. The van der Waals surface area contributed by atoms with Gasteiger partial charge in [-0.05, 0) is 35.9 Å². The summed E-state index contributed by atoms with van der Waals surface area (Å²) in [7, 11) is 0. The lowest BCUT2D eigenvalue weighted by Gasteiger charge is -2.43. The molecular formula is C23H17ClN4O3S. The summed E-state index contributed by atoms with van der Waals surface area (Å²) >= 11 is 7.38. The fraction of sp³-hybridized carbons (Fsp3) is 0.0870. The van der Waals surface area contributed by atoms with Crippen molar-refractivity contribution < 1.29 is 14.7 Å². The van der Waals surface area contributed by atoms with Crippen LogP contribution in [0.5, 0.6) is 0 Å². The molecule has 0 spiro atoms. The van der Waals surface area contributed by atoms with Crippen molar-refractivity contribution in [2.45, 2.75) is 11.9 Å². The number of fused-ring (bicyclic) bond motifs is 3. The molecule has 3 aliphatic rings. The lowest BCUT2D eigenvalue weighted by molar-refractivity contribution is -0.131. The number of aliphatic hydroxyl groups is 1. The highest BCUT2D eigenvalue weighted by molar-refractivity contribution is 8.13. The molecule has 1 aliphatic carbocycles. The van der Waals surface area contributed by atoms with E-state index in [4.69, 9.17) is 11.6 Å². The maximum atomic E-state index is 12.0. The Bertz CT molecular complexity index is 1250. The van der Waals surface area contributed by atoms with Gasteiger partial charge in [-0.15, -0.1) is 0 Å². The number of amidine groups is 1. The van der Waals surface area contributed by atoms with E-state index in [0.717, 1.165) is 16.8 Å². The average molecular weight is 465 g/mol. The summed E-state index contributed by atoms with van der Waals surface area (Å²) in [6.07, 6.45) is 3.64. The summed E-state index contributed by atoms with van der Waals surface area (Å²) in [5.41, 5.74) is 6.93. The third-order valence-corrected chi connectivity index (χ3v) is 6.37. The summed E-state index contributed by atoms with van der Waals surface area (Å²) in [5.74, 6) is -0.662. The fourth-order valence-corrected chi connectivity index (χ4v) is 4.57. The second kappa shape index (κ2) is 8.22. The van der Waals surface area contributed by atoms with Crippen LogP contribution in [0.4, 0.5) is 5.69 Å². The molecule has 5 rings (SSSR count). The van der Waals surface area contributed by atoms with Crippen LogP contribution in [-0.2, 0) is 15.3 Å². The molecule has 0 saturated carbocycles. The number of nitrogens with one attached hydrogen (secondary N) is 2. The highest BCUT2D eigenvalue weighted by Crippen LogP contribution is 2.39. The number of hydrogen-bond acceptors (Lipinski definition) is 8. The van der Waals surface area contributed by atoms with Gasteiger partial charge >= 0.3 is 0 Å². The first kappa shape index (κ1) is 20.4. The van der Waals surface area contributed by atoms with E-state index in [2.05, 4.69) is 15.7 Å². The number of anilines is 1. The molecule has 7 nitrogen and oxygen atoms in total. The third-order valence-electron chi connectivity index (χ3n) is 5.18. The molecule has 2 heterocycles. The minimum Gasteiger partial charge on any atom is -0.492 e. The van der Waals surface area contributed by atoms with Gasteiger partial charge in [0.2, 0.25) is 17.4 Å². The Labute approximate surface area is 193 Å². The highest BCUT2D eigenvalue weighted by Gasteiger charge is 2.37. The molecule has 1 atom stereocenters. The third kappa shape index (κ3) is 3.79. The number of para-hydroxylation sites is 1. The van der Waals surface area contributed by atoms with Gasteiger partial charge < -0.3 is 10.4 Å². The van der Waals surface area contributed by atoms with Crippen molar-refractivity contribution in [3.05, 3.63) is 94.4 Å². The van der Waals surface area contributed by atoms with Crippen LogP contribution in [0.15, 0.2) is 83.2 Å². The van der Waals surface area contributed by atoms with E-state index in [1.54, 1.807) is 11.1 Å². The number of ketones is 2. The van der Waals surface area contributed by atoms with Gasteiger partial charge in [-0.2, -0.15) is 4.99 Å². The molecule has 0 fully saturated rings. The van der Waals surface area contributed by atoms with E-state index in [-0.39, 0.29) is 5.88 Å². The number of halogens is 1.